The summed E-state index contributed by atoms with van der Waals surface area (Å²) in [6, 6.07) is 11.9. The molecule has 31 heavy (non-hydrogen) atoms. The molecule has 0 radical (unpaired) electrons. The van der Waals surface area contributed by atoms with Crippen molar-refractivity contribution < 1.29 is 4.79 Å². The van der Waals surface area contributed by atoms with E-state index in [4.69, 9.17) is 0 Å². The van der Waals surface area contributed by atoms with Crippen molar-refractivity contribution in [2.24, 2.45) is 0 Å². The smallest absolute Gasteiger partial charge is 0.277 e. The second-order valence-corrected chi connectivity index (χ2v) is 8.07. The third-order valence-electron chi connectivity index (χ3n) is 5.67. The van der Waals surface area contributed by atoms with Crippen molar-refractivity contribution in [3.05, 3.63) is 71.8 Å². The van der Waals surface area contributed by atoms with Crippen LogP contribution in [0.4, 0.5) is 5.82 Å². The molecule has 1 saturated heterocycles. The first-order valence-corrected chi connectivity index (χ1v) is 10.5. The van der Waals surface area contributed by atoms with Crippen molar-refractivity contribution in [2.75, 3.05) is 18.4 Å². The number of anilines is 1. The highest BCUT2D eigenvalue weighted by molar-refractivity contribution is 6.11. The molecule has 3 aromatic heterocycles. The minimum Gasteiger partial charge on any atom is -0.305 e. The van der Waals surface area contributed by atoms with Crippen LogP contribution in [0.3, 0.4) is 0 Å². The van der Waals surface area contributed by atoms with Crippen LogP contribution in [0.15, 0.2) is 55.0 Å². The van der Waals surface area contributed by atoms with Gasteiger partial charge in [0.1, 0.15) is 5.82 Å². The van der Waals surface area contributed by atoms with Gasteiger partial charge < -0.3 is 5.32 Å². The topological polar surface area (TPSA) is 86.8 Å². The van der Waals surface area contributed by atoms with E-state index in [0.29, 0.717) is 11.5 Å². The molecule has 2 N–H and O–H groups in total. The van der Waals surface area contributed by atoms with Crippen molar-refractivity contribution in [1.29, 1.82) is 0 Å². The maximum Gasteiger partial charge on any atom is 0.277 e. The zero-order valence-corrected chi connectivity index (χ0v) is 17.4. The van der Waals surface area contributed by atoms with E-state index < -0.39 is 0 Å². The Kier molecular flexibility index (Phi) is 5.18. The van der Waals surface area contributed by atoms with Gasteiger partial charge in [0.05, 0.1) is 5.52 Å². The molecule has 0 saturated carbocycles. The maximum absolute atomic E-state index is 12.8. The van der Waals surface area contributed by atoms with E-state index in [9.17, 15) is 4.79 Å². The second kappa shape index (κ2) is 8.28. The molecule has 0 bridgehead atoms. The van der Waals surface area contributed by atoms with Gasteiger partial charge in [-0.05, 0) is 79.9 Å². The number of amides is 1. The lowest BCUT2D eigenvalue weighted by Crippen LogP contribution is -2.18. The molecule has 1 amide bonds. The quantitative estimate of drug-likeness (QED) is 0.514. The molecule has 7 nitrogen and oxygen atoms in total. The zero-order chi connectivity index (χ0) is 21.2. The second-order valence-electron chi connectivity index (χ2n) is 8.07. The Hall–Kier alpha value is -3.58. The summed E-state index contributed by atoms with van der Waals surface area (Å²) in [5.74, 6) is 0.221. The average Bonchev–Trinajstić information content (AvgIpc) is 3.43. The van der Waals surface area contributed by atoms with Gasteiger partial charge in [-0.2, -0.15) is 5.10 Å². The van der Waals surface area contributed by atoms with Gasteiger partial charge in [-0.3, -0.25) is 19.8 Å². The molecule has 7 heteroatoms. The number of nitrogens with zero attached hydrogens (tertiary/aromatic N) is 4. The lowest BCUT2D eigenvalue weighted by atomic mass is 10.0. The van der Waals surface area contributed by atoms with Gasteiger partial charge in [0.2, 0.25) is 0 Å². The van der Waals surface area contributed by atoms with Crippen LogP contribution in [0.1, 0.15) is 34.5 Å². The Morgan fingerprint density at radius 3 is 2.81 bits per heavy atom. The maximum atomic E-state index is 12.8. The van der Waals surface area contributed by atoms with Crippen LogP contribution in [0, 0.1) is 6.92 Å². The first-order valence-electron chi connectivity index (χ1n) is 10.5. The Bertz CT molecular complexity index is 1240. The molecule has 4 aromatic rings. The van der Waals surface area contributed by atoms with Crippen molar-refractivity contribution >= 4 is 22.6 Å². The Balaban J connectivity index is 1.43. The number of aromatic amines is 1. The van der Waals surface area contributed by atoms with Gasteiger partial charge in [-0.1, -0.05) is 6.07 Å². The fourth-order valence-corrected chi connectivity index (χ4v) is 4.08. The Morgan fingerprint density at radius 1 is 1.10 bits per heavy atom. The fraction of sp³-hybridized carbons (Fsp3) is 0.250. The Morgan fingerprint density at radius 2 is 1.97 bits per heavy atom. The number of rotatable bonds is 5. The number of H-pyrrole nitrogens is 1. The van der Waals surface area contributed by atoms with Crippen molar-refractivity contribution in [2.45, 2.75) is 26.3 Å². The van der Waals surface area contributed by atoms with Crippen LogP contribution < -0.4 is 5.32 Å². The molecule has 1 aliphatic heterocycles. The first-order chi connectivity index (χ1) is 15.2. The van der Waals surface area contributed by atoms with Gasteiger partial charge in [0.15, 0.2) is 5.69 Å². The molecule has 5 rings (SSSR count). The molecular formula is C24H24N6O. The molecular weight excluding hydrogens is 388 g/mol. The Labute approximate surface area is 180 Å². The van der Waals surface area contributed by atoms with E-state index in [1.165, 1.54) is 18.4 Å². The zero-order valence-electron chi connectivity index (χ0n) is 17.4. The number of aryl methyl sites for hydroxylation is 1. The normalized spacial score (nSPS) is 14.2. The molecule has 0 spiro atoms. The number of hydrogen-bond donors (Lipinski definition) is 2. The fourth-order valence-electron chi connectivity index (χ4n) is 4.08. The molecule has 0 unspecified atom stereocenters. The van der Waals surface area contributed by atoms with Gasteiger partial charge in [0, 0.05) is 36.1 Å². The van der Waals surface area contributed by atoms with E-state index in [0.717, 1.165) is 47.2 Å². The van der Waals surface area contributed by atoms with Gasteiger partial charge in [-0.25, -0.2) is 4.98 Å². The number of fused-ring (bicyclic) bond motifs is 1. The predicted molar refractivity (Wildman–Crippen MR) is 121 cm³/mol. The summed E-state index contributed by atoms with van der Waals surface area (Å²) in [7, 11) is 0. The lowest BCUT2D eigenvalue weighted by Gasteiger charge is -2.14. The number of carbonyl (C=O) groups is 1. The molecule has 156 valence electrons. The summed E-state index contributed by atoms with van der Waals surface area (Å²) in [6.45, 7) is 5.18. The number of benzene rings is 1. The highest BCUT2D eigenvalue weighted by Gasteiger charge is 2.16. The highest BCUT2D eigenvalue weighted by atomic mass is 16.2. The molecule has 1 fully saturated rings. The molecule has 0 atom stereocenters. The first kappa shape index (κ1) is 19.4. The largest absolute Gasteiger partial charge is 0.305 e. The summed E-state index contributed by atoms with van der Waals surface area (Å²) in [4.78, 5) is 24.0. The number of likely N-dealkylation sites (tertiary alicyclic amines) is 1. The molecule has 1 aromatic carbocycles. The van der Waals surface area contributed by atoms with E-state index >= 15 is 0 Å². The molecule has 0 aliphatic carbocycles. The molecule has 4 heterocycles. The van der Waals surface area contributed by atoms with Crippen molar-refractivity contribution in [3.8, 4) is 11.1 Å². The standard InChI is InChI=1S/C24H24N6O/c1-16-6-7-26-22(10-16)27-24(31)23-20-12-18(4-5-21(20)28-29-23)19-11-17(13-25-14-19)15-30-8-2-3-9-30/h4-7,10-14H,2-3,8-9,15H2,1H3,(H,28,29)(H,26,27,31). The van der Waals surface area contributed by atoms with E-state index in [2.05, 4.69) is 36.4 Å². The highest BCUT2D eigenvalue weighted by Crippen LogP contribution is 2.26. The van der Waals surface area contributed by atoms with E-state index in [1.54, 1.807) is 6.20 Å². The van der Waals surface area contributed by atoms with Crippen LogP contribution >= 0.6 is 0 Å². The van der Waals surface area contributed by atoms with Crippen LogP contribution in [-0.2, 0) is 6.54 Å². The summed E-state index contributed by atoms with van der Waals surface area (Å²) in [6.07, 6.45) is 8.02. The van der Waals surface area contributed by atoms with Gasteiger partial charge in [-0.15, -0.1) is 0 Å². The van der Waals surface area contributed by atoms with Crippen molar-refractivity contribution in [3.63, 3.8) is 0 Å². The summed E-state index contributed by atoms with van der Waals surface area (Å²) in [5.41, 5.74) is 5.43. The summed E-state index contributed by atoms with van der Waals surface area (Å²) >= 11 is 0. The third kappa shape index (κ3) is 4.18. The summed E-state index contributed by atoms with van der Waals surface area (Å²) in [5, 5.41) is 10.8. The number of aromatic nitrogens is 4. The SMILES string of the molecule is Cc1ccnc(NC(=O)c2n[nH]c3ccc(-c4cncc(CN5CCCC5)c4)cc23)c1. The van der Waals surface area contributed by atoms with Gasteiger partial charge >= 0.3 is 0 Å². The number of carbonyl (C=O) groups excluding carboxylic acids is 1. The number of nitrogens with one attached hydrogen (secondary N) is 2. The van der Waals surface area contributed by atoms with Gasteiger partial charge in [0.25, 0.3) is 5.91 Å². The minimum atomic E-state index is -0.289. The monoisotopic (exact) mass is 412 g/mol. The number of pyridine rings is 2. The van der Waals surface area contributed by atoms with Crippen molar-refractivity contribution in [1.82, 2.24) is 25.1 Å². The molecule has 1 aliphatic rings. The lowest BCUT2D eigenvalue weighted by molar-refractivity contribution is 0.102. The number of hydrogen-bond acceptors (Lipinski definition) is 5. The van der Waals surface area contributed by atoms with Crippen LogP contribution in [-0.4, -0.2) is 44.1 Å². The predicted octanol–water partition coefficient (Wildman–Crippen LogP) is 4.18. The summed E-state index contributed by atoms with van der Waals surface area (Å²) < 4.78 is 0. The third-order valence-corrected chi connectivity index (χ3v) is 5.67. The van der Waals surface area contributed by atoms with E-state index in [1.807, 2.05) is 49.6 Å². The van der Waals surface area contributed by atoms with Crippen LogP contribution in [0.25, 0.3) is 22.0 Å². The average molecular weight is 412 g/mol. The minimum absolute atomic E-state index is 0.289. The van der Waals surface area contributed by atoms with Crippen LogP contribution in [0.2, 0.25) is 0 Å². The van der Waals surface area contributed by atoms with E-state index in [-0.39, 0.29) is 5.91 Å². The van der Waals surface area contributed by atoms with Crippen LogP contribution in [0.5, 0.6) is 0 Å².